The molecule has 0 spiro atoms. The Bertz CT molecular complexity index is 565. The van der Waals surface area contributed by atoms with Gasteiger partial charge in [0.2, 0.25) is 5.91 Å². The summed E-state index contributed by atoms with van der Waals surface area (Å²) in [6, 6.07) is -0.0565. The molecule has 0 aromatic carbocycles. The molecular weight excluding hydrogens is 292 g/mol. The zero-order valence-electron chi connectivity index (χ0n) is 12.4. The third-order valence-electron chi connectivity index (χ3n) is 3.57. The summed E-state index contributed by atoms with van der Waals surface area (Å²) >= 11 is 6.05. The zero-order chi connectivity index (χ0) is 15.4. The van der Waals surface area contributed by atoms with E-state index in [0.29, 0.717) is 5.69 Å². The predicted molar refractivity (Wildman–Crippen MR) is 82.8 cm³/mol. The van der Waals surface area contributed by atoms with Crippen molar-refractivity contribution in [2.45, 2.75) is 39.2 Å². The predicted octanol–water partition coefficient (Wildman–Crippen LogP) is 1.90. The van der Waals surface area contributed by atoms with Crippen molar-refractivity contribution in [3.63, 3.8) is 0 Å². The van der Waals surface area contributed by atoms with Gasteiger partial charge in [0.05, 0.1) is 24.5 Å². The van der Waals surface area contributed by atoms with Gasteiger partial charge in [-0.3, -0.25) is 9.59 Å². The Hall–Kier alpha value is -1.56. The molecule has 2 heterocycles. The van der Waals surface area contributed by atoms with E-state index in [-0.39, 0.29) is 29.1 Å². The van der Waals surface area contributed by atoms with Gasteiger partial charge >= 0.3 is 0 Å². The Labute approximate surface area is 129 Å². The van der Waals surface area contributed by atoms with Gasteiger partial charge in [-0.25, -0.2) is 4.68 Å². The van der Waals surface area contributed by atoms with Crippen LogP contribution in [0, 0.1) is 0 Å². The third kappa shape index (κ3) is 3.75. The van der Waals surface area contributed by atoms with Crippen molar-refractivity contribution in [3.05, 3.63) is 21.6 Å². The topological polar surface area (TPSA) is 67.2 Å². The molecule has 1 amide bonds. The zero-order valence-corrected chi connectivity index (χ0v) is 13.2. The Morgan fingerprint density at radius 1 is 1.38 bits per heavy atom. The summed E-state index contributed by atoms with van der Waals surface area (Å²) in [7, 11) is 0. The van der Waals surface area contributed by atoms with E-state index in [2.05, 4.69) is 10.4 Å². The Balaban J connectivity index is 2.01. The van der Waals surface area contributed by atoms with E-state index in [0.717, 1.165) is 25.9 Å². The number of likely N-dealkylation sites (tertiary alicyclic amines) is 1. The van der Waals surface area contributed by atoms with Crippen molar-refractivity contribution >= 4 is 23.2 Å². The molecule has 1 aromatic rings. The molecule has 1 N–H and O–H groups in total. The summed E-state index contributed by atoms with van der Waals surface area (Å²) < 4.78 is 1.32. The van der Waals surface area contributed by atoms with Crippen molar-refractivity contribution in [3.8, 4) is 0 Å². The average Bonchev–Trinajstić information content (AvgIpc) is 2.49. The molecule has 0 bridgehead atoms. The Morgan fingerprint density at radius 3 is 2.67 bits per heavy atom. The second kappa shape index (κ2) is 6.93. The fourth-order valence-electron chi connectivity index (χ4n) is 2.36. The van der Waals surface area contributed by atoms with Crippen molar-refractivity contribution in [1.82, 2.24) is 14.7 Å². The number of hydrogen-bond donors (Lipinski definition) is 1. The first-order valence-corrected chi connectivity index (χ1v) is 7.67. The van der Waals surface area contributed by atoms with Crippen LogP contribution in [0.1, 0.15) is 39.2 Å². The molecule has 1 aliphatic rings. The first-order valence-electron chi connectivity index (χ1n) is 7.29. The molecule has 6 nitrogen and oxygen atoms in total. The lowest BCUT2D eigenvalue weighted by Gasteiger charge is -2.27. The first-order chi connectivity index (χ1) is 10.0. The number of anilines is 1. The number of halogens is 1. The minimum Gasteiger partial charge on any atom is -0.373 e. The van der Waals surface area contributed by atoms with Crippen LogP contribution >= 0.6 is 11.6 Å². The number of aromatic nitrogens is 2. The van der Waals surface area contributed by atoms with Gasteiger partial charge in [-0.2, -0.15) is 5.10 Å². The van der Waals surface area contributed by atoms with E-state index in [1.165, 1.54) is 17.3 Å². The highest BCUT2D eigenvalue weighted by Gasteiger charge is 2.17. The van der Waals surface area contributed by atoms with Crippen LogP contribution in [0.4, 0.5) is 5.69 Å². The molecular formula is C14H21ClN4O2. The molecule has 2 rings (SSSR count). The van der Waals surface area contributed by atoms with Crippen LogP contribution in [0.3, 0.4) is 0 Å². The summed E-state index contributed by atoms with van der Waals surface area (Å²) in [6.07, 6.45) is 4.78. The van der Waals surface area contributed by atoms with Crippen molar-refractivity contribution in [2.24, 2.45) is 0 Å². The quantitative estimate of drug-likeness (QED) is 0.922. The van der Waals surface area contributed by atoms with Gasteiger partial charge in [0.1, 0.15) is 5.02 Å². The highest BCUT2D eigenvalue weighted by atomic mass is 35.5. The fraction of sp³-hybridized carbons (Fsp3) is 0.643. The number of nitrogens with one attached hydrogen (secondary N) is 1. The first kappa shape index (κ1) is 15.8. The molecule has 116 valence electrons. The SMILES string of the molecule is CC(C)n1ncc(NCC(=O)N2CCCCC2)c(Cl)c1=O. The number of rotatable bonds is 4. The standard InChI is InChI=1S/C14H21ClN4O2/c1-10(2)19-14(21)13(15)11(8-17-19)16-9-12(20)18-6-4-3-5-7-18/h8,10,16H,3-7,9H2,1-2H3. The largest absolute Gasteiger partial charge is 0.373 e. The van der Waals surface area contributed by atoms with E-state index < -0.39 is 0 Å². The summed E-state index contributed by atoms with van der Waals surface area (Å²) in [5, 5.41) is 7.05. The summed E-state index contributed by atoms with van der Waals surface area (Å²) in [6.45, 7) is 5.46. The molecule has 0 radical (unpaired) electrons. The molecule has 1 aromatic heterocycles. The molecule has 0 atom stereocenters. The highest BCUT2D eigenvalue weighted by molar-refractivity contribution is 6.33. The lowest BCUT2D eigenvalue weighted by Crippen LogP contribution is -2.39. The van der Waals surface area contributed by atoms with Gasteiger partial charge in [-0.1, -0.05) is 11.6 Å². The maximum absolute atomic E-state index is 12.1. The minimum atomic E-state index is -0.345. The third-order valence-corrected chi connectivity index (χ3v) is 3.94. The Morgan fingerprint density at radius 2 is 2.05 bits per heavy atom. The molecule has 0 saturated carbocycles. The number of carbonyl (C=O) groups excluding carboxylic acids is 1. The maximum Gasteiger partial charge on any atom is 0.287 e. The van der Waals surface area contributed by atoms with Crippen LogP contribution in [0.15, 0.2) is 11.0 Å². The van der Waals surface area contributed by atoms with Gasteiger partial charge in [0, 0.05) is 13.1 Å². The second-order valence-corrected chi connectivity index (χ2v) is 5.89. The van der Waals surface area contributed by atoms with E-state index in [1.807, 2.05) is 18.7 Å². The van der Waals surface area contributed by atoms with Gasteiger partial charge in [-0.15, -0.1) is 0 Å². The number of hydrogen-bond acceptors (Lipinski definition) is 4. The molecule has 21 heavy (non-hydrogen) atoms. The summed E-state index contributed by atoms with van der Waals surface area (Å²) in [4.78, 5) is 25.9. The van der Waals surface area contributed by atoms with Gasteiger partial charge in [-0.05, 0) is 33.1 Å². The normalized spacial score (nSPS) is 15.3. The highest BCUT2D eigenvalue weighted by Crippen LogP contribution is 2.16. The monoisotopic (exact) mass is 312 g/mol. The minimum absolute atomic E-state index is 0.0267. The molecule has 1 fully saturated rings. The van der Waals surface area contributed by atoms with E-state index in [1.54, 1.807) is 0 Å². The summed E-state index contributed by atoms with van der Waals surface area (Å²) in [5.74, 6) is 0.0267. The molecule has 0 unspecified atom stereocenters. The molecule has 7 heteroatoms. The average molecular weight is 313 g/mol. The van der Waals surface area contributed by atoms with Crippen LogP contribution in [0.5, 0.6) is 0 Å². The fourth-order valence-corrected chi connectivity index (χ4v) is 2.56. The van der Waals surface area contributed by atoms with Crippen molar-refractivity contribution in [2.75, 3.05) is 25.0 Å². The van der Waals surface area contributed by atoms with Crippen LogP contribution in [0.2, 0.25) is 5.02 Å². The second-order valence-electron chi connectivity index (χ2n) is 5.51. The Kier molecular flexibility index (Phi) is 5.22. The van der Waals surface area contributed by atoms with E-state index >= 15 is 0 Å². The number of amides is 1. The van der Waals surface area contributed by atoms with Crippen molar-refractivity contribution < 1.29 is 4.79 Å². The van der Waals surface area contributed by atoms with Crippen LogP contribution < -0.4 is 10.9 Å². The number of carbonyl (C=O) groups is 1. The lowest BCUT2D eigenvalue weighted by molar-refractivity contribution is -0.130. The van der Waals surface area contributed by atoms with E-state index in [9.17, 15) is 9.59 Å². The van der Waals surface area contributed by atoms with Crippen LogP contribution in [-0.4, -0.2) is 40.2 Å². The number of nitrogens with zero attached hydrogens (tertiary/aromatic N) is 3. The molecule has 0 aliphatic carbocycles. The van der Waals surface area contributed by atoms with Gasteiger partial charge in [0.25, 0.3) is 5.56 Å². The van der Waals surface area contributed by atoms with Crippen LogP contribution in [0.25, 0.3) is 0 Å². The lowest BCUT2D eigenvalue weighted by atomic mass is 10.1. The molecule has 1 aliphatic heterocycles. The van der Waals surface area contributed by atoms with Crippen molar-refractivity contribution in [1.29, 1.82) is 0 Å². The van der Waals surface area contributed by atoms with Crippen LogP contribution in [-0.2, 0) is 4.79 Å². The maximum atomic E-state index is 12.1. The summed E-state index contributed by atoms with van der Waals surface area (Å²) in [5.41, 5.74) is 0.0611. The number of piperidine rings is 1. The smallest absolute Gasteiger partial charge is 0.287 e. The van der Waals surface area contributed by atoms with Gasteiger partial charge < -0.3 is 10.2 Å². The van der Waals surface area contributed by atoms with Gasteiger partial charge in [0.15, 0.2) is 0 Å². The molecule has 1 saturated heterocycles. The van der Waals surface area contributed by atoms with E-state index in [4.69, 9.17) is 11.6 Å².